The standard InChI is InChI=1S/C15H20FN3O5S/c16-7-11(8-17)10-24-14-2-1-13(9-18-14)25(22,23)19-5-3-12(4-6-19)15(20)21/h1-2,7,9,12H,3-6,8,10,17H2,(H,20,21)/b11-7-. The molecule has 1 aromatic rings. The third-order valence-corrected chi connectivity index (χ3v) is 5.85. The molecule has 0 amide bonds. The number of nitrogens with zero attached hydrogens (tertiary/aromatic N) is 2. The Bertz CT molecular complexity index is 728. The number of ether oxygens (including phenoxy) is 1. The molecule has 0 atom stereocenters. The van der Waals surface area contributed by atoms with E-state index < -0.39 is 21.9 Å². The summed E-state index contributed by atoms with van der Waals surface area (Å²) in [5, 5.41) is 8.97. The minimum absolute atomic E-state index is 0.00583. The van der Waals surface area contributed by atoms with Crippen molar-refractivity contribution in [2.75, 3.05) is 26.2 Å². The zero-order chi connectivity index (χ0) is 18.4. The third-order valence-electron chi connectivity index (χ3n) is 3.97. The highest BCUT2D eigenvalue weighted by Crippen LogP contribution is 2.24. The van der Waals surface area contributed by atoms with Gasteiger partial charge in [-0.2, -0.15) is 4.31 Å². The van der Waals surface area contributed by atoms with Gasteiger partial charge in [-0.15, -0.1) is 0 Å². The minimum Gasteiger partial charge on any atom is -0.481 e. The molecule has 1 aliphatic rings. The number of hydrogen-bond donors (Lipinski definition) is 2. The number of rotatable bonds is 7. The molecular formula is C15H20FN3O5S. The number of aliphatic carboxylic acids is 1. The van der Waals surface area contributed by atoms with Crippen molar-refractivity contribution >= 4 is 16.0 Å². The number of carbonyl (C=O) groups is 1. The first kappa shape index (κ1) is 19.3. The van der Waals surface area contributed by atoms with Crippen molar-refractivity contribution in [3.8, 4) is 5.88 Å². The third kappa shape index (κ3) is 4.74. The van der Waals surface area contributed by atoms with E-state index in [1.807, 2.05) is 0 Å². The average Bonchev–Trinajstić information content (AvgIpc) is 2.63. The van der Waals surface area contributed by atoms with E-state index in [-0.39, 0.29) is 55.4 Å². The molecule has 1 fully saturated rings. The van der Waals surface area contributed by atoms with E-state index in [0.717, 1.165) is 6.20 Å². The van der Waals surface area contributed by atoms with Crippen LogP contribution in [0.5, 0.6) is 5.88 Å². The van der Waals surface area contributed by atoms with Crippen molar-refractivity contribution in [1.29, 1.82) is 0 Å². The van der Waals surface area contributed by atoms with Crippen molar-refractivity contribution in [1.82, 2.24) is 9.29 Å². The van der Waals surface area contributed by atoms with E-state index >= 15 is 0 Å². The minimum atomic E-state index is -3.74. The van der Waals surface area contributed by atoms with Gasteiger partial charge in [-0.05, 0) is 18.9 Å². The monoisotopic (exact) mass is 373 g/mol. The number of sulfonamides is 1. The van der Waals surface area contributed by atoms with Crippen LogP contribution in [-0.2, 0) is 14.8 Å². The zero-order valence-electron chi connectivity index (χ0n) is 13.5. The largest absolute Gasteiger partial charge is 0.481 e. The van der Waals surface area contributed by atoms with Crippen LogP contribution in [0, 0.1) is 5.92 Å². The van der Waals surface area contributed by atoms with Crippen LogP contribution in [0.1, 0.15) is 12.8 Å². The lowest BCUT2D eigenvalue weighted by atomic mass is 9.99. The van der Waals surface area contributed by atoms with Gasteiger partial charge in [0.25, 0.3) is 0 Å². The molecule has 3 N–H and O–H groups in total. The smallest absolute Gasteiger partial charge is 0.306 e. The molecule has 0 saturated carbocycles. The van der Waals surface area contributed by atoms with E-state index in [9.17, 15) is 17.6 Å². The Hall–Kier alpha value is -2.04. The van der Waals surface area contributed by atoms with Gasteiger partial charge in [0.2, 0.25) is 15.9 Å². The zero-order valence-corrected chi connectivity index (χ0v) is 14.3. The quantitative estimate of drug-likeness (QED) is 0.723. The first-order chi connectivity index (χ1) is 11.9. The van der Waals surface area contributed by atoms with Crippen LogP contribution in [0.2, 0.25) is 0 Å². The summed E-state index contributed by atoms with van der Waals surface area (Å²) >= 11 is 0. The number of nitrogens with two attached hydrogens (primary N) is 1. The summed E-state index contributed by atoms with van der Waals surface area (Å²) in [4.78, 5) is 14.8. The maximum absolute atomic E-state index is 12.6. The van der Waals surface area contributed by atoms with Crippen molar-refractivity contribution in [3.63, 3.8) is 0 Å². The molecule has 10 heteroatoms. The van der Waals surface area contributed by atoms with Crippen molar-refractivity contribution in [2.24, 2.45) is 11.7 Å². The molecule has 1 saturated heterocycles. The van der Waals surface area contributed by atoms with Gasteiger partial charge in [0.1, 0.15) is 11.5 Å². The summed E-state index contributed by atoms with van der Waals surface area (Å²) in [6, 6.07) is 2.73. The number of carboxylic acids is 1. The maximum Gasteiger partial charge on any atom is 0.306 e. The number of piperidine rings is 1. The highest BCUT2D eigenvalue weighted by Gasteiger charge is 2.32. The van der Waals surface area contributed by atoms with Gasteiger partial charge in [0.15, 0.2) is 0 Å². The number of carboxylic acid groups (broad SMARTS) is 1. The van der Waals surface area contributed by atoms with Crippen LogP contribution in [0.4, 0.5) is 4.39 Å². The van der Waals surface area contributed by atoms with Crippen molar-refractivity contribution < 1.29 is 27.4 Å². The van der Waals surface area contributed by atoms with Crippen LogP contribution >= 0.6 is 0 Å². The topological polar surface area (TPSA) is 123 Å². The summed E-state index contributed by atoms with van der Waals surface area (Å²) in [5.41, 5.74) is 5.56. The van der Waals surface area contributed by atoms with Crippen LogP contribution in [0.15, 0.2) is 35.1 Å². The lowest BCUT2D eigenvalue weighted by Crippen LogP contribution is -2.40. The summed E-state index contributed by atoms with van der Waals surface area (Å²) in [5.74, 6) is -1.27. The fraction of sp³-hybridized carbons (Fsp3) is 0.467. The Morgan fingerprint density at radius 1 is 1.44 bits per heavy atom. The normalized spacial score (nSPS) is 17.4. The van der Waals surface area contributed by atoms with Crippen LogP contribution in [-0.4, -0.2) is 55.0 Å². The predicted octanol–water partition coefficient (Wildman–Crippen LogP) is 0.758. The molecule has 0 aliphatic carbocycles. The lowest BCUT2D eigenvalue weighted by Gasteiger charge is -2.29. The second-order valence-corrected chi connectivity index (χ2v) is 7.55. The number of hydrogen-bond acceptors (Lipinski definition) is 6. The van der Waals surface area contributed by atoms with Gasteiger partial charge >= 0.3 is 5.97 Å². The van der Waals surface area contributed by atoms with Crippen molar-refractivity contribution in [3.05, 3.63) is 30.2 Å². The Morgan fingerprint density at radius 3 is 2.60 bits per heavy atom. The Kier molecular flexibility index (Phi) is 6.45. The number of halogens is 1. The van der Waals surface area contributed by atoms with Gasteiger partial charge in [-0.3, -0.25) is 4.79 Å². The number of pyridine rings is 1. The average molecular weight is 373 g/mol. The van der Waals surface area contributed by atoms with Gasteiger partial charge in [0, 0.05) is 31.3 Å². The van der Waals surface area contributed by atoms with E-state index in [0.29, 0.717) is 6.33 Å². The number of aromatic nitrogens is 1. The lowest BCUT2D eigenvalue weighted by molar-refractivity contribution is -0.142. The molecule has 0 radical (unpaired) electrons. The predicted molar refractivity (Wildman–Crippen MR) is 87.1 cm³/mol. The molecule has 2 heterocycles. The molecule has 8 nitrogen and oxygen atoms in total. The Morgan fingerprint density at radius 2 is 2.12 bits per heavy atom. The molecular weight excluding hydrogens is 353 g/mol. The molecule has 0 aromatic carbocycles. The highest BCUT2D eigenvalue weighted by atomic mass is 32.2. The SMILES string of the molecule is NC/C(=C/F)COc1ccc(S(=O)(=O)N2CCC(C(=O)O)CC2)cn1. The van der Waals surface area contributed by atoms with Crippen LogP contribution in [0.25, 0.3) is 0 Å². The molecule has 1 aliphatic heterocycles. The second-order valence-electron chi connectivity index (χ2n) is 5.61. The Balaban J connectivity index is 2.02. The van der Waals surface area contributed by atoms with Gasteiger partial charge in [0.05, 0.1) is 18.4 Å². The Labute approximate surface area is 145 Å². The molecule has 25 heavy (non-hydrogen) atoms. The first-order valence-electron chi connectivity index (χ1n) is 7.68. The van der Waals surface area contributed by atoms with E-state index in [1.165, 1.54) is 16.4 Å². The van der Waals surface area contributed by atoms with E-state index in [1.54, 1.807) is 0 Å². The maximum atomic E-state index is 12.6. The van der Waals surface area contributed by atoms with Crippen LogP contribution in [0.3, 0.4) is 0 Å². The molecule has 2 rings (SSSR count). The summed E-state index contributed by atoms with van der Waals surface area (Å²) in [6.07, 6.45) is 2.08. The van der Waals surface area contributed by atoms with E-state index in [2.05, 4.69) is 4.98 Å². The first-order valence-corrected chi connectivity index (χ1v) is 9.12. The van der Waals surface area contributed by atoms with E-state index in [4.69, 9.17) is 15.6 Å². The molecule has 1 aromatic heterocycles. The summed E-state index contributed by atoms with van der Waals surface area (Å²) < 4.78 is 44.0. The van der Waals surface area contributed by atoms with Crippen molar-refractivity contribution in [2.45, 2.75) is 17.7 Å². The van der Waals surface area contributed by atoms with Crippen LogP contribution < -0.4 is 10.5 Å². The second kappa shape index (κ2) is 8.37. The van der Waals surface area contributed by atoms with Gasteiger partial charge in [-0.1, -0.05) is 0 Å². The molecule has 0 spiro atoms. The van der Waals surface area contributed by atoms with Gasteiger partial charge in [-0.25, -0.2) is 17.8 Å². The molecule has 138 valence electrons. The molecule has 0 unspecified atom stereocenters. The van der Waals surface area contributed by atoms with Gasteiger partial charge < -0.3 is 15.6 Å². The summed E-state index contributed by atoms with van der Waals surface area (Å²) in [7, 11) is -3.74. The fourth-order valence-electron chi connectivity index (χ4n) is 2.40. The fourth-order valence-corrected chi connectivity index (χ4v) is 3.81. The molecule has 0 bridgehead atoms. The summed E-state index contributed by atoms with van der Waals surface area (Å²) in [6.45, 7) is 0.238. The highest BCUT2D eigenvalue weighted by molar-refractivity contribution is 7.89.